The highest BCUT2D eigenvalue weighted by molar-refractivity contribution is 6.01. The number of nitrogens with one attached hydrogen (secondary N) is 2. The van der Waals surface area contributed by atoms with E-state index in [0.29, 0.717) is 51.2 Å². The number of hydrogen-bond acceptors (Lipinski definition) is 8. The van der Waals surface area contributed by atoms with Crippen LogP contribution in [0, 0.1) is 0 Å². The van der Waals surface area contributed by atoms with E-state index in [0.717, 1.165) is 11.1 Å². The predicted octanol–water partition coefficient (Wildman–Crippen LogP) is 3.85. The van der Waals surface area contributed by atoms with E-state index in [4.69, 9.17) is 28.4 Å². The van der Waals surface area contributed by atoms with Crippen LogP contribution in [-0.2, 0) is 15.9 Å². The summed E-state index contributed by atoms with van der Waals surface area (Å²) in [5.74, 6) is 1.13. The van der Waals surface area contributed by atoms with E-state index in [1.165, 1.54) is 14.2 Å². The summed E-state index contributed by atoms with van der Waals surface area (Å²) < 4.78 is 32.2. The van der Waals surface area contributed by atoms with Crippen molar-refractivity contribution in [3.63, 3.8) is 0 Å². The SMILES string of the molecule is COC(=O)c1cc2c(OC)cc(OC)c(Cc3c(OC)cc(OC)c4cc(C(=O)OC)[nH]c34)c2[nH]1. The number of aromatic nitrogens is 2. The molecule has 4 aromatic rings. The van der Waals surface area contributed by atoms with Crippen LogP contribution in [0.2, 0.25) is 0 Å². The topological polar surface area (TPSA) is 121 Å². The molecule has 0 aliphatic carbocycles. The summed E-state index contributed by atoms with van der Waals surface area (Å²) in [6, 6.07) is 6.87. The Balaban J connectivity index is 2.00. The fourth-order valence-electron chi connectivity index (χ4n) is 4.26. The molecule has 0 aliphatic heterocycles. The van der Waals surface area contributed by atoms with Crippen LogP contribution in [-0.4, -0.2) is 64.6 Å². The van der Waals surface area contributed by atoms with Gasteiger partial charge in [0, 0.05) is 40.5 Å². The van der Waals surface area contributed by atoms with Gasteiger partial charge in [-0.15, -0.1) is 0 Å². The van der Waals surface area contributed by atoms with Gasteiger partial charge in [0.05, 0.1) is 53.7 Å². The molecule has 0 unspecified atom stereocenters. The molecule has 2 aromatic carbocycles. The normalized spacial score (nSPS) is 10.9. The monoisotopic (exact) mass is 482 g/mol. The van der Waals surface area contributed by atoms with Crippen LogP contribution in [0.1, 0.15) is 32.1 Å². The van der Waals surface area contributed by atoms with Crippen LogP contribution < -0.4 is 18.9 Å². The molecule has 0 saturated heterocycles. The van der Waals surface area contributed by atoms with Crippen molar-refractivity contribution < 1.29 is 38.0 Å². The average Bonchev–Trinajstić information content (AvgIpc) is 3.53. The molecule has 0 spiro atoms. The van der Waals surface area contributed by atoms with E-state index in [1.807, 2.05) is 0 Å². The number of carbonyl (C=O) groups excluding carboxylic acids is 2. The molecule has 35 heavy (non-hydrogen) atoms. The van der Waals surface area contributed by atoms with Crippen LogP contribution in [0.15, 0.2) is 24.3 Å². The Hall–Kier alpha value is -4.34. The van der Waals surface area contributed by atoms with Gasteiger partial charge in [-0.3, -0.25) is 0 Å². The first-order valence-electron chi connectivity index (χ1n) is 10.6. The number of benzene rings is 2. The number of aromatic amines is 2. The number of fused-ring (bicyclic) bond motifs is 2. The van der Waals surface area contributed by atoms with E-state index in [-0.39, 0.29) is 11.4 Å². The van der Waals surface area contributed by atoms with Gasteiger partial charge in [-0.25, -0.2) is 9.59 Å². The Bertz CT molecular complexity index is 1330. The lowest BCUT2D eigenvalue weighted by Gasteiger charge is -2.16. The molecule has 0 amide bonds. The second-order valence-electron chi connectivity index (χ2n) is 7.62. The van der Waals surface area contributed by atoms with Crippen molar-refractivity contribution in [1.29, 1.82) is 0 Å². The lowest BCUT2D eigenvalue weighted by atomic mass is 9.98. The fraction of sp³-hybridized carbons (Fsp3) is 0.280. The summed E-state index contributed by atoms with van der Waals surface area (Å²) in [5.41, 5.74) is 3.33. The maximum Gasteiger partial charge on any atom is 0.354 e. The van der Waals surface area contributed by atoms with E-state index in [2.05, 4.69) is 9.97 Å². The van der Waals surface area contributed by atoms with Gasteiger partial charge in [-0.1, -0.05) is 0 Å². The molecule has 0 saturated carbocycles. The number of ether oxygens (including phenoxy) is 6. The van der Waals surface area contributed by atoms with E-state index in [9.17, 15) is 9.59 Å². The number of hydrogen-bond donors (Lipinski definition) is 2. The summed E-state index contributed by atoms with van der Waals surface area (Å²) in [6.07, 6.45) is 0.315. The van der Waals surface area contributed by atoms with Gasteiger partial charge >= 0.3 is 11.9 Å². The third-order valence-corrected chi connectivity index (χ3v) is 5.93. The number of methoxy groups -OCH3 is 6. The molecule has 10 heteroatoms. The lowest BCUT2D eigenvalue weighted by Crippen LogP contribution is -2.03. The Morgan fingerprint density at radius 1 is 0.600 bits per heavy atom. The predicted molar refractivity (Wildman–Crippen MR) is 128 cm³/mol. The summed E-state index contributed by atoms with van der Waals surface area (Å²) in [7, 11) is 8.83. The standard InChI is InChI=1S/C25H26N2O8/c1-30-18-10-20(32-3)14-8-16(24(28)34-5)26-22(14)12(18)7-13-19(31-2)11-21(33-4)15-9-17(25(29)35-6)27-23(13)15/h8-11,26-27H,7H2,1-6H3. The smallest absolute Gasteiger partial charge is 0.354 e. The van der Waals surface area contributed by atoms with Crippen molar-refractivity contribution in [3.8, 4) is 23.0 Å². The second-order valence-corrected chi connectivity index (χ2v) is 7.62. The largest absolute Gasteiger partial charge is 0.496 e. The van der Waals surface area contributed by atoms with Crippen LogP contribution in [0.25, 0.3) is 21.8 Å². The first-order chi connectivity index (χ1) is 16.9. The molecule has 2 aromatic heterocycles. The molecule has 0 bridgehead atoms. The zero-order valence-corrected chi connectivity index (χ0v) is 20.3. The van der Waals surface area contributed by atoms with Gasteiger partial charge in [-0.2, -0.15) is 0 Å². The molecule has 0 atom stereocenters. The minimum absolute atomic E-state index is 0.273. The highest BCUT2D eigenvalue weighted by Crippen LogP contribution is 2.42. The minimum atomic E-state index is -0.510. The maximum atomic E-state index is 12.2. The van der Waals surface area contributed by atoms with Crippen LogP contribution in [0.4, 0.5) is 0 Å². The van der Waals surface area contributed by atoms with Crippen molar-refractivity contribution >= 4 is 33.7 Å². The first kappa shape index (κ1) is 23.8. The zero-order valence-electron chi connectivity index (χ0n) is 20.3. The summed E-state index contributed by atoms with van der Waals surface area (Å²) >= 11 is 0. The Labute approximate surface area is 201 Å². The first-order valence-corrected chi connectivity index (χ1v) is 10.6. The summed E-state index contributed by atoms with van der Waals surface area (Å²) in [6.45, 7) is 0. The second kappa shape index (κ2) is 9.49. The van der Waals surface area contributed by atoms with Gasteiger partial charge < -0.3 is 38.4 Å². The van der Waals surface area contributed by atoms with Crippen LogP contribution >= 0.6 is 0 Å². The van der Waals surface area contributed by atoms with E-state index in [1.54, 1.807) is 52.7 Å². The molecule has 2 heterocycles. The van der Waals surface area contributed by atoms with E-state index < -0.39 is 11.9 Å². The summed E-state index contributed by atoms with van der Waals surface area (Å²) in [5, 5.41) is 1.38. The molecule has 0 aliphatic rings. The molecular weight excluding hydrogens is 456 g/mol. The third-order valence-electron chi connectivity index (χ3n) is 5.93. The summed E-state index contributed by atoms with van der Waals surface area (Å²) in [4.78, 5) is 30.8. The molecule has 10 nitrogen and oxygen atoms in total. The quantitative estimate of drug-likeness (QED) is 0.363. The van der Waals surface area contributed by atoms with Gasteiger partial charge in [0.2, 0.25) is 0 Å². The van der Waals surface area contributed by atoms with Gasteiger partial charge in [0.15, 0.2) is 0 Å². The van der Waals surface area contributed by atoms with E-state index >= 15 is 0 Å². The molecule has 0 radical (unpaired) electrons. The van der Waals surface area contributed by atoms with Crippen molar-refractivity contribution in [2.45, 2.75) is 6.42 Å². The average molecular weight is 482 g/mol. The minimum Gasteiger partial charge on any atom is -0.496 e. The molecular formula is C25H26N2O8. The Morgan fingerprint density at radius 2 is 0.971 bits per heavy atom. The molecule has 0 fully saturated rings. The molecule has 4 rings (SSSR count). The van der Waals surface area contributed by atoms with Crippen molar-refractivity contribution in [1.82, 2.24) is 9.97 Å². The van der Waals surface area contributed by atoms with Crippen molar-refractivity contribution in [2.24, 2.45) is 0 Å². The molecule has 184 valence electrons. The van der Waals surface area contributed by atoms with Crippen molar-refractivity contribution in [2.75, 3.05) is 42.7 Å². The van der Waals surface area contributed by atoms with Gasteiger partial charge in [-0.05, 0) is 12.1 Å². The third kappa shape index (κ3) is 3.96. The fourth-order valence-corrected chi connectivity index (χ4v) is 4.26. The highest BCUT2D eigenvalue weighted by Gasteiger charge is 2.24. The highest BCUT2D eigenvalue weighted by atomic mass is 16.5. The Kier molecular flexibility index (Phi) is 6.46. The van der Waals surface area contributed by atoms with Gasteiger partial charge in [0.25, 0.3) is 0 Å². The van der Waals surface area contributed by atoms with Crippen molar-refractivity contribution in [3.05, 3.63) is 46.8 Å². The number of esters is 2. The lowest BCUT2D eigenvalue weighted by molar-refractivity contribution is 0.0586. The van der Waals surface area contributed by atoms with Crippen LogP contribution in [0.5, 0.6) is 23.0 Å². The number of H-pyrrole nitrogens is 2. The molecule has 2 N–H and O–H groups in total. The zero-order chi connectivity index (χ0) is 25.3. The van der Waals surface area contributed by atoms with Gasteiger partial charge in [0.1, 0.15) is 34.4 Å². The number of carbonyl (C=O) groups is 2. The van der Waals surface area contributed by atoms with Crippen LogP contribution in [0.3, 0.4) is 0 Å². The number of rotatable bonds is 8. The Morgan fingerprint density at radius 3 is 1.29 bits per heavy atom. The maximum absolute atomic E-state index is 12.2.